The Morgan fingerprint density at radius 1 is 1.20 bits per heavy atom. The predicted molar refractivity (Wildman–Crippen MR) is 55.3 cm³/mol. The molecule has 0 saturated heterocycles. The zero-order valence-corrected chi connectivity index (χ0v) is 7.65. The lowest BCUT2D eigenvalue weighted by molar-refractivity contribution is 0.943. The molecule has 0 atom stereocenters. The van der Waals surface area contributed by atoms with Gasteiger partial charge in [0.25, 0.3) is 0 Å². The molecule has 2 rings (SSSR count). The molecule has 1 heterocycles. The van der Waals surface area contributed by atoms with E-state index in [1.165, 1.54) is 0 Å². The van der Waals surface area contributed by atoms with E-state index in [-0.39, 0.29) is 5.82 Å². The lowest BCUT2D eigenvalue weighted by Gasteiger charge is -1.99. The first-order valence-corrected chi connectivity index (χ1v) is 4.22. The van der Waals surface area contributed by atoms with Gasteiger partial charge in [-0.3, -0.25) is 9.97 Å². The second-order valence-corrected chi connectivity index (χ2v) is 2.97. The molecule has 0 spiro atoms. The van der Waals surface area contributed by atoms with Crippen molar-refractivity contribution in [2.24, 2.45) is 0 Å². The molecule has 0 aliphatic carbocycles. The standard InChI is InChI=1S/C9H8N4O2/c10-6-3-1-2-5(4-6)7-11-8(14)13-9(15)12-7/h1-4H,10H2,(H2,11,12,13,14,15). The Morgan fingerprint density at radius 3 is 2.67 bits per heavy atom. The molecule has 0 bridgehead atoms. The van der Waals surface area contributed by atoms with Gasteiger partial charge in [-0.15, -0.1) is 0 Å². The van der Waals surface area contributed by atoms with Gasteiger partial charge in [0.2, 0.25) is 0 Å². The maximum absolute atomic E-state index is 11.0. The first-order chi connectivity index (χ1) is 7.15. The monoisotopic (exact) mass is 204 g/mol. The van der Waals surface area contributed by atoms with Crippen LogP contribution in [-0.4, -0.2) is 15.0 Å². The van der Waals surface area contributed by atoms with Gasteiger partial charge in [-0.1, -0.05) is 12.1 Å². The molecule has 0 unspecified atom stereocenters. The summed E-state index contributed by atoms with van der Waals surface area (Å²) in [5.41, 5.74) is 5.42. The summed E-state index contributed by atoms with van der Waals surface area (Å²) >= 11 is 0. The number of aromatic nitrogens is 3. The van der Waals surface area contributed by atoms with E-state index < -0.39 is 11.4 Å². The molecular formula is C9H8N4O2. The van der Waals surface area contributed by atoms with Crippen LogP contribution in [0.4, 0.5) is 5.69 Å². The molecule has 15 heavy (non-hydrogen) atoms. The van der Waals surface area contributed by atoms with Crippen LogP contribution < -0.4 is 17.1 Å². The molecule has 0 aliphatic rings. The molecule has 4 N–H and O–H groups in total. The number of hydrogen-bond donors (Lipinski definition) is 3. The Hall–Kier alpha value is -2.37. The van der Waals surface area contributed by atoms with Gasteiger partial charge in [-0.2, -0.15) is 4.98 Å². The van der Waals surface area contributed by atoms with E-state index >= 15 is 0 Å². The fraction of sp³-hybridized carbons (Fsp3) is 0. The minimum Gasteiger partial charge on any atom is -0.399 e. The third-order valence-electron chi connectivity index (χ3n) is 1.83. The third kappa shape index (κ3) is 1.93. The molecule has 2 aromatic rings. The molecule has 6 heteroatoms. The normalized spacial score (nSPS) is 10.1. The summed E-state index contributed by atoms with van der Waals surface area (Å²) in [5.74, 6) is 0.205. The Bertz CT molecular complexity index is 571. The molecule has 6 nitrogen and oxygen atoms in total. The number of nitrogens with two attached hydrogens (primary N) is 1. The van der Waals surface area contributed by atoms with E-state index in [1.54, 1.807) is 24.3 Å². The Balaban J connectivity index is 2.64. The number of aromatic amines is 2. The smallest absolute Gasteiger partial charge is 0.351 e. The minimum atomic E-state index is -0.684. The van der Waals surface area contributed by atoms with Gasteiger partial charge in [0.15, 0.2) is 0 Å². The van der Waals surface area contributed by atoms with Crippen LogP contribution >= 0.6 is 0 Å². The molecule has 0 radical (unpaired) electrons. The van der Waals surface area contributed by atoms with Crippen LogP contribution in [0.2, 0.25) is 0 Å². The zero-order chi connectivity index (χ0) is 10.8. The molecule has 76 valence electrons. The van der Waals surface area contributed by atoms with E-state index in [0.29, 0.717) is 11.3 Å². The first kappa shape index (κ1) is 9.20. The molecule has 0 amide bonds. The van der Waals surface area contributed by atoms with Crippen molar-refractivity contribution in [2.75, 3.05) is 5.73 Å². The van der Waals surface area contributed by atoms with Crippen LogP contribution in [0, 0.1) is 0 Å². The summed E-state index contributed by atoms with van der Waals surface area (Å²) in [6.45, 7) is 0. The third-order valence-corrected chi connectivity index (χ3v) is 1.83. The second kappa shape index (κ2) is 3.41. The van der Waals surface area contributed by atoms with Gasteiger partial charge in [0.1, 0.15) is 5.82 Å². The molecule has 1 aromatic heterocycles. The Kier molecular flexibility index (Phi) is 2.09. The predicted octanol–water partition coefficient (Wildman–Crippen LogP) is -0.293. The van der Waals surface area contributed by atoms with Crippen LogP contribution in [-0.2, 0) is 0 Å². The Morgan fingerprint density at radius 2 is 2.00 bits per heavy atom. The van der Waals surface area contributed by atoms with Crippen LogP contribution in [0.3, 0.4) is 0 Å². The van der Waals surface area contributed by atoms with Gasteiger partial charge >= 0.3 is 11.4 Å². The molecule has 1 aromatic carbocycles. The van der Waals surface area contributed by atoms with Crippen molar-refractivity contribution in [1.29, 1.82) is 0 Å². The van der Waals surface area contributed by atoms with E-state index in [4.69, 9.17) is 5.73 Å². The minimum absolute atomic E-state index is 0.205. The highest BCUT2D eigenvalue weighted by Crippen LogP contribution is 2.14. The topological polar surface area (TPSA) is 105 Å². The van der Waals surface area contributed by atoms with Crippen molar-refractivity contribution in [3.8, 4) is 11.4 Å². The molecule has 0 fully saturated rings. The second-order valence-electron chi connectivity index (χ2n) is 2.97. The number of nitrogens with one attached hydrogen (secondary N) is 2. The summed E-state index contributed by atoms with van der Waals surface area (Å²) < 4.78 is 0. The summed E-state index contributed by atoms with van der Waals surface area (Å²) in [7, 11) is 0. The summed E-state index contributed by atoms with van der Waals surface area (Å²) in [6, 6.07) is 6.74. The molecular weight excluding hydrogens is 196 g/mol. The van der Waals surface area contributed by atoms with Gasteiger partial charge in [-0.05, 0) is 12.1 Å². The summed E-state index contributed by atoms with van der Waals surface area (Å²) in [4.78, 5) is 30.0. The lowest BCUT2D eigenvalue weighted by Crippen LogP contribution is -2.25. The summed E-state index contributed by atoms with van der Waals surface area (Å²) in [5, 5.41) is 0. The highest BCUT2D eigenvalue weighted by molar-refractivity contribution is 5.60. The van der Waals surface area contributed by atoms with Crippen LogP contribution in [0.15, 0.2) is 33.9 Å². The first-order valence-electron chi connectivity index (χ1n) is 4.22. The molecule has 0 aliphatic heterocycles. The van der Waals surface area contributed by atoms with Crippen LogP contribution in [0.1, 0.15) is 0 Å². The largest absolute Gasteiger partial charge is 0.399 e. The number of benzene rings is 1. The number of H-pyrrole nitrogens is 2. The van der Waals surface area contributed by atoms with Crippen molar-refractivity contribution in [1.82, 2.24) is 15.0 Å². The quantitative estimate of drug-likeness (QED) is 0.555. The number of anilines is 1. The lowest BCUT2D eigenvalue weighted by atomic mass is 10.2. The van der Waals surface area contributed by atoms with Gasteiger partial charge in [0, 0.05) is 11.3 Å². The average Bonchev–Trinajstić information content (AvgIpc) is 2.16. The number of nitrogen functional groups attached to an aromatic ring is 1. The van der Waals surface area contributed by atoms with E-state index in [0.717, 1.165) is 0 Å². The van der Waals surface area contributed by atoms with Crippen LogP contribution in [0.5, 0.6) is 0 Å². The number of hydrogen-bond acceptors (Lipinski definition) is 4. The van der Waals surface area contributed by atoms with E-state index in [2.05, 4.69) is 9.97 Å². The zero-order valence-electron chi connectivity index (χ0n) is 7.65. The fourth-order valence-corrected chi connectivity index (χ4v) is 1.22. The number of nitrogens with zero attached hydrogens (tertiary/aromatic N) is 1. The maximum atomic E-state index is 11.0. The van der Waals surface area contributed by atoms with Gasteiger partial charge in [-0.25, -0.2) is 9.59 Å². The number of rotatable bonds is 1. The van der Waals surface area contributed by atoms with E-state index in [9.17, 15) is 9.59 Å². The van der Waals surface area contributed by atoms with Gasteiger partial charge < -0.3 is 5.73 Å². The summed E-state index contributed by atoms with van der Waals surface area (Å²) in [6.07, 6.45) is 0. The maximum Gasteiger partial charge on any atom is 0.351 e. The van der Waals surface area contributed by atoms with Crippen molar-refractivity contribution in [2.45, 2.75) is 0 Å². The SMILES string of the molecule is Nc1cccc(-c2nc(=O)[nH]c(=O)[nH]2)c1. The van der Waals surface area contributed by atoms with Crippen molar-refractivity contribution < 1.29 is 0 Å². The Labute approximate surface area is 83.8 Å². The van der Waals surface area contributed by atoms with Crippen LogP contribution in [0.25, 0.3) is 11.4 Å². The highest BCUT2D eigenvalue weighted by atomic mass is 16.2. The van der Waals surface area contributed by atoms with E-state index in [1.807, 2.05) is 4.98 Å². The van der Waals surface area contributed by atoms with Crippen molar-refractivity contribution in [3.63, 3.8) is 0 Å². The fourth-order valence-electron chi connectivity index (χ4n) is 1.22. The average molecular weight is 204 g/mol. The highest BCUT2D eigenvalue weighted by Gasteiger charge is 2.01. The van der Waals surface area contributed by atoms with Crippen molar-refractivity contribution >= 4 is 5.69 Å². The van der Waals surface area contributed by atoms with Gasteiger partial charge in [0.05, 0.1) is 0 Å². The van der Waals surface area contributed by atoms with Crippen molar-refractivity contribution in [3.05, 3.63) is 45.2 Å². The molecule has 0 saturated carbocycles.